The molecule has 3 rings (SSSR count). The molecule has 2 heterocycles. The van der Waals surface area contributed by atoms with Crippen LogP contribution in [-0.4, -0.2) is 41.5 Å². The van der Waals surface area contributed by atoms with Crippen LogP contribution in [-0.2, 0) is 14.3 Å². The molecule has 2 amide bonds. The first-order valence-electron chi connectivity index (χ1n) is 7.83. The lowest BCUT2D eigenvalue weighted by molar-refractivity contribution is -0.160. The van der Waals surface area contributed by atoms with E-state index in [1.54, 1.807) is 25.2 Å². The predicted molar refractivity (Wildman–Crippen MR) is 89.3 cm³/mol. The molecule has 2 atom stereocenters. The highest BCUT2D eigenvalue weighted by Gasteiger charge is 2.40. The Hall–Kier alpha value is -2.80. The van der Waals surface area contributed by atoms with Gasteiger partial charge in [-0.1, -0.05) is 18.2 Å². The molecule has 130 valence electrons. The third-order valence-electron chi connectivity index (χ3n) is 4.07. The van der Waals surface area contributed by atoms with Crippen LogP contribution in [0, 0.1) is 12.7 Å². The minimum absolute atomic E-state index is 0.207. The normalized spacial score (nSPS) is 20.4. The van der Waals surface area contributed by atoms with E-state index in [0.717, 1.165) is 5.69 Å². The molecule has 0 bridgehead atoms. The second kappa shape index (κ2) is 6.98. The van der Waals surface area contributed by atoms with Crippen LogP contribution in [0.2, 0.25) is 0 Å². The molecule has 1 aliphatic heterocycles. The van der Waals surface area contributed by atoms with Crippen molar-refractivity contribution in [1.82, 2.24) is 9.88 Å². The number of benzene rings is 1. The summed E-state index contributed by atoms with van der Waals surface area (Å²) in [5, 5.41) is 2.70. The minimum atomic E-state index is -0.966. The van der Waals surface area contributed by atoms with Gasteiger partial charge in [-0.3, -0.25) is 9.59 Å². The van der Waals surface area contributed by atoms with E-state index in [4.69, 9.17) is 4.74 Å². The summed E-state index contributed by atoms with van der Waals surface area (Å²) >= 11 is 0. The molecule has 6 nitrogen and oxygen atoms in total. The first-order chi connectivity index (χ1) is 12.0. The number of halogens is 1. The number of carbonyl (C=O) groups is 2. The summed E-state index contributed by atoms with van der Waals surface area (Å²) in [6.45, 7) is 1.61. The Morgan fingerprint density at radius 2 is 2.08 bits per heavy atom. The molecule has 0 saturated carbocycles. The van der Waals surface area contributed by atoms with Gasteiger partial charge in [-0.15, -0.1) is 0 Å². The number of morpholine rings is 1. The Morgan fingerprint density at radius 1 is 1.32 bits per heavy atom. The first-order valence-corrected chi connectivity index (χ1v) is 7.83. The minimum Gasteiger partial charge on any atom is -0.356 e. The fraction of sp³-hybridized carbons (Fsp3) is 0.278. The van der Waals surface area contributed by atoms with Gasteiger partial charge in [0.25, 0.3) is 5.91 Å². The average Bonchev–Trinajstić information content (AvgIpc) is 2.57. The van der Waals surface area contributed by atoms with Gasteiger partial charge in [0, 0.05) is 12.7 Å². The molecule has 1 fully saturated rings. The molecular formula is C18H18FN3O3. The van der Waals surface area contributed by atoms with Crippen LogP contribution in [0.25, 0.3) is 0 Å². The van der Waals surface area contributed by atoms with Crippen molar-refractivity contribution in [1.29, 1.82) is 0 Å². The second-order valence-corrected chi connectivity index (χ2v) is 5.89. The van der Waals surface area contributed by atoms with Crippen LogP contribution in [0.4, 0.5) is 10.2 Å². The van der Waals surface area contributed by atoms with E-state index in [2.05, 4.69) is 10.3 Å². The van der Waals surface area contributed by atoms with Gasteiger partial charge < -0.3 is 15.0 Å². The molecule has 0 radical (unpaired) electrons. The Morgan fingerprint density at radius 3 is 2.80 bits per heavy atom. The number of nitrogens with zero attached hydrogens (tertiary/aromatic N) is 2. The Balaban J connectivity index is 1.89. The van der Waals surface area contributed by atoms with Gasteiger partial charge in [-0.2, -0.15) is 0 Å². The van der Waals surface area contributed by atoms with E-state index < -0.39 is 23.9 Å². The van der Waals surface area contributed by atoms with Gasteiger partial charge >= 0.3 is 0 Å². The van der Waals surface area contributed by atoms with Crippen LogP contribution in [0.5, 0.6) is 0 Å². The lowest BCUT2D eigenvalue weighted by Crippen LogP contribution is -2.51. The van der Waals surface area contributed by atoms with E-state index in [0.29, 0.717) is 11.4 Å². The van der Waals surface area contributed by atoms with Crippen molar-refractivity contribution >= 4 is 17.6 Å². The molecule has 1 aliphatic rings. The largest absolute Gasteiger partial charge is 0.356 e. The van der Waals surface area contributed by atoms with Crippen molar-refractivity contribution in [3.05, 3.63) is 59.5 Å². The van der Waals surface area contributed by atoms with E-state index in [1.165, 1.54) is 23.1 Å². The summed E-state index contributed by atoms with van der Waals surface area (Å²) in [4.78, 5) is 30.3. The van der Waals surface area contributed by atoms with Gasteiger partial charge in [-0.25, -0.2) is 9.37 Å². The smallest absolute Gasteiger partial charge is 0.257 e. The zero-order valence-corrected chi connectivity index (χ0v) is 13.9. The zero-order valence-electron chi connectivity index (χ0n) is 13.9. The molecule has 25 heavy (non-hydrogen) atoms. The molecule has 0 unspecified atom stereocenters. The Kier molecular flexibility index (Phi) is 4.76. The number of anilines is 1. The molecule has 1 saturated heterocycles. The number of carbonyl (C=O) groups excluding carboxylic acids is 2. The van der Waals surface area contributed by atoms with E-state index in [1.807, 2.05) is 13.0 Å². The summed E-state index contributed by atoms with van der Waals surface area (Å²) in [5.41, 5.74) is 1.25. The van der Waals surface area contributed by atoms with Gasteiger partial charge in [-0.05, 0) is 36.8 Å². The molecule has 0 spiro atoms. The van der Waals surface area contributed by atoms with Crippen LogP contribution in [0.3, 0.4) is 0 Å². The number of aromatic nitrogens is 1. The van der Waals surface area contributed by atoms with Crippen LogP contribution in [0.15, 0.2) is 42.5 Å². The molecule has 7 heteroatoms. The highest BCUT2D eigenvalue weighted by Crippen LogP contribution is 2.30. The number of aryl methyl sites for hydroxylation is 1. The summed E-state index contributed by atoms with van der Waals surface area (Å²) in [6, 6.07) is 10.3. The zero-order chi connectivity index (χ0) is 18.0. The molecule has 0 aliphatic carbocycles. The van der Waals surface area contributed by atoms with Gasteiger partial charge in [0.15, 0.2) is 6.10 Å². The molecule has 1 N–H and O–H groups in total. The van der Waals surface area contributed by atoms with Crippen LogP contribution in [0.1, 0.15) is 17.3 Å². The van der Waals surface area contributed by atoms with Crippen LogP contribution >= 0.6 is 0 Å². The second-order valence-electron chi connectivity index (χ2n) is 5.89. The fourth-order valence-electron chi connectivity index (χ4n) is 2.83. The third kappa shape index (κ3) is 3.66. The number of hydrogen-bond acceptors (Lipinski definition) is 4. The van der Waals surface area contributed by atoms with Gasteiger partial charge in [0.05, 0.1) is 6.04 Å². The number of ether oxygens (including phenoxy) is 1. The quantitative estimate of drug-likeness (QED) is 0.926. The topological polar surface area (TPSA) is 71.5 Å². The van der Waals surface area contributed by atoms with E-state index >= 15 is 0 Å². The summed E-state index contributed by atoms with van der Waals surface area (Å²) < 4.78 is 19.1. The van der Waals surface area contributed by atoms with Gasteiger partial charge in [0.2, 0.25) is 5.91 Å². The van der Waals surface area contributed by atoms with Crippen molar-refractivity contribution in [3.8, 4) is 0 Å². The number of pyridine rings is 1. The van der Waals surface area contributed by atoms with E-state index in [-0.39, 0.29) is 12.5 Å². The standard InChI is InChI=1S/C18H18FN3O3/c1-11-5-3-8-14(20-11)21-18(24)17-16(22(2)15(23)10-25-17)12-6-4-7-13(19)9-12/h3-9,16-17H,10H2,1-2H3,(H,20,21,24)/t16-,17-/m1/s1. The number of hydrogen-bond donors (Lipinski definition) is 1. The maximum absolute atomic E-state index is 13.6. The predicted octanol–water partition coefficient (Wildman–Crippen LogP) is 2.07. The fourth-order valence-corrected chi connectivity index (χ4v) is 2.83. The highest BCUT2D eigenvalue weighted by molar-refractivity contribution is 5.95. The Bertz CT molecular complexity index is 812. The number of likely N-dealkylation sites (N-methyl/N-ethyl adjacent to an activating group) is 1. The molecular weight excluding hydrogens is 325 g/mol. The van der Waals surface area contributed by atoms with Crippen molar-refractivity contribution in [3.63, 3.8) is 0 Å². The first kappa shape index (κ1) is 17.0. The summed E-state index contributed by atoms with van der Waals surface area (Å²) in [6.07, 6.45) is -0.966. The monoisotopic (exact) mass is 343 g/mol. The average molecular weight is 343 g/mol. The summed E-state index contributed by atoms with van der Waals surface area (Å²) in [7, 11) is 1.58. The SMILES string of the molecule is Cc1cccc(NC(=O)[C@@H]2OCC(=O)N(C)[C@@H]2c2cccc(F)c2)n1. The van der Waals surface area contributed by atoms with Crippen molar-refractivity contribution in [2.45, 2.75) is 19.1 Å². The van der Waals surface area contributed by atoms with Gasteiger partial charge in [0.1, 0.15) is 18.2 Å². The maximum Gasteiger partial charge on any atom is 0.257 e. The molecule has 1 aromatic heterocycles. The van der Waals surface area contributed by atoms with E-state index in [9.17, 15) is 14.0 Å². The molecule has 2 aromatic rings. The maximum atomic E-state index is 13.6. The number of nitrogens with one attached hydrogen (secondary N) is 1. The third-order valence-corrected chi connectivity index (χ3v) is 4.07. The lowest BCUT2D eigenvalue weighted by Gasteiger charge is -2.38. The van der Waals surface area contributed by atoms with Crippen LogP contribution < -0.4 is 5.32 Å². The molecule has 1 aromatic carbocycles. The number of amides is 2. The van der Waals surface area contributed by atoms with Crippen molar-refractivity contribution in [2.75, 3.05) is 19.0 Å². The Labute approximate surface area is 144 Å². The lowest BCUT2D eigenvalue weighted by atomic mass is 9.97. The van der Waals surface area contributed by atoms with Crippen molar-refractivity contribution < 1.29 is 18.7 Å². The summed E-state index contributed by atoms with van der Waals surface area (Å²) in [5.74, 6) is -0.756. The number of rotatable bonds is 3. The van der Waals surface area contributed by atoms with Crippen molar-refractivity contribution in [2.24, 2.45) is 0 Å². The highest BCUT2D eigenvalue weighted by atomic mass is 19.1.